The van der Waals surface area contributed by atoms with Crippen LogP contribution in [0.4, 0.5) is 0 Å². The van der Waals surface area contributed by atoms with Gasteiger partial charge in [-0.05, 0) is 23.1 Å². The molecule has 0 saturated heterocycles. The molecular formula is C12H11ClN2. The summed E-state index contributed by atoms with van der Waals surface area (Å²) in [6.45, 7) is 4.01. The van der Waals surface area contributed by atoms with E-state index in [-0.39, 0.29) is 5.92 Å². The largest absolute Gasteiger partial charge is 0.198 e. The van der Waals surface area contributed by atoms with Gasteiger partial charge in [-0.3, -0.25) is 0 Å². The maximum Gasteiger partial charge on any atom is 0.101 e. The van der Waals surface area contributed by atoms with Crippen molar-refractivity contribution in [1.82, 2.24) is 0 Å². The lowest BCUT2D eigenvalue weighted by Gasteiger charge is -2.10. The summed E-state index contributed by atoms with van der Waals surface area (Å²) < 4.78 is 0. The number of hydrogen-bond acceptors (Lipinski definition) is 2. The van der Waals surface area contributed by atoms with Gasteiger partial charge in [-0.2, -0.15) is 10.5 Å². The van der Waals surface area contributed by atoms with Gasteiger partial charge in [0, 0.05) is 0 Å². The average molecular weight is 219 g/mol. The molecule has 76 valence electrons. The second-order valence-corrected chi connectivity index (χ2v) is 4.05. The number of benzene rings is 1. The summed E-state index contributed by atoms with van der Waals surface area (Å²) in [6, 6.07) is 7.75. The molecule has 0 bridgehead atoms. The maximum absolute atomic E-state index is 8.97. The highest BCUT2D eigenvalue weighted by Crippen LogP contribution is 2.27. The standard InChI is InChI=1S/C12H11ClN2/c1-8(2)10-5-9(3-4-14)6-12(13)11(10)7-15/h5-6,8H,3H2,1-2H3. The van der Waals surface area contributed by atoms with Crippen LogP contribution in [-0.2, 0) is 6.42 Å². The molecule has 0 aromatic heterocycles. The van der Waals surface area contributed by atoms with Gasteiger partial charge < -0.3 is 0 Å². The molecule has 0 aliphatic rings. The molecule has 1 aromatic carbocycles. The molecule has 0 N–H and O–H groups in total. The lowest BCUT2D eigenvalue weighted by Crippen LogP contribution is -1.96. The summed E-state index contributed by atoms with van der Waals surface area (Å²) in [4.78, 5) is 0. The summed E-state index contributed by atoms with van der Waals surface area (Å²) in [5, 5.41) is 18.0. The maximum atomic E-state index is 8.97. The van der Waals surface area contributed by atoms with E-state index in [4.69, 9.17) is 22.1 Å². The van der Waals surface area contributed by atoms with Crippen LogP contribution in [0.15, 0.2) is 12.1 Å². The predicted octanol–water partition coefficient (Wildman–Crippen LogP) is 3.40. The minimum Gasteiger partial charge on any atom is -0.198 e. The van der Waals surface area contributed by atoms with Crippen LogP contribution >= 0.6 is 11.6 Å². The van der Waals surface area contributed by atoms with Crippen molar-refractivity contribution in [3.63, 3.8) is 0 Å². The van der Waals surface area contributed by atoms with Crippen molar-refractivity contribution in [3.05, 3.63) is 33.8 Å². The van der Waals surface area contributed by atoms with Crippen molar-refractivity contribution in [2.24, 2.45) is 0 Å². The number of rotatable bonds is 2. The fraction of sp³-hybridized carbons (Fsp3) is 0.333. The predicted molar refractivity (Wildman–Crippen MR) is 59.6 cm³/mol. The van der Waals surface area contributed by atoms with Gasteiger partial charge in [-0.15, -0.1) is 0 Å². The fourth-order valence-corrected chi connectivity index (χ4v) is 1.74. The van der Waals surface area contributed by atoms with E-state index in [1.807, 2.05) is 19.9 Å². The molecule has 1 aromatic rings. The molecule has 0 aliphatic heterocycles. The summed E-state index contributed by atoms with van der Waals surface area (Å²) in [5.74, 6) is 0.232. The van der Waals surface area contributed by atoms with Gasteiger partial charge in [0.2, 0.25) is 0 Å². The lowest BCUT2D eigenvalue weighted by atomic mass is 9.95. The van der Waals surface area contributed by atoms with Gasteiger partial charge in [-0.25, -0.2) is 0 Å². The Morgan fingerprint density at radius 3 is 2.47 bits per heavy atom. The molecule has 2 nitrogen and oxygen atoms in total. The van der Waals surface area contributed by atoms with Crippen molar-refractivity contribution in [2.45, 2.75) is 26.2 Å². The zero-order valence-electron chi connectivity index (χ0n) is 8.71. The number of nitriles is 2. The van der Waals surface area contributed by atoms with E-state index < -0.39 is 0 Å². The van der Waals surface area contributed by atoms with Crippen molar-refractivity contribution >= 4 is 11.6 Å². The van der Waals surface area contributed by atoms with Crippen LogP contribution in [0.5, 0.6) is 0 Å². The molecule has 0 heterocycles. The summed E-state index contributed by atoms with van der Waals surface area (Å²) in [5.41, 5.74) is 2.30. The van der Waals surface area contributed by atoms with Crippen LogP contribution in [0.1, 0.15) is 36.5 Å². The first-order valence-corrected chi connectivity index (χ1v) is 5.07. The number of halogens is 1. The Bertz CT molecular complexity index is 450. The van der Waals surface area contributed by atoms with Gasteiger partial charge in [0.25, 0.3) is 0 Å². The topological polar surface area (TPSA) is 47.6 Å². The van der Waals surface area contributed by atoms with Crippen molar-refractivity contribution < 1.29 is 0 Å². The van der Waals surface area contributed by atoms with Crippen molar-refractivity contribution in [3.8, 4) is 12.1 Å². The van der Waals surface area contributed by atoms with E-state index in [2.05, 4.69) is 12.1 Å². The quantitative estimate of drug-likeness (QED) is 0.764. The first-order chi connectivity index (χ1) is 7.10. The molecule has 3 heteroatoms. The van der Waals surface area contributed by atoms with Crippen LogP contribution < -0.4 is 0 Å². The molecule has 0 atom stereocenters. The van der Waals surface area contributed by atoms with Crippen LogP contribution in [0.2, 0.25) is 5.02 Å². The van der Waals surface area contributed by atoms with E-state index >= 15 is 0 Å². The summed E-state index contributed by atoms with van der Waals surface area (Å²) in [7, 11) is 0. The van der Waals surface area contributed by atoms with Crippen LogP contribution in [0.25, 0.3) is 0 Å². The van der Waals surface area contributed by atoms with Gasteiger partial charge >= 0.3 is 0 Å². The Morgan fingerprint density at radius 1 is 1.33 bits per heavy atom. The van der Waals surface area contributed by atoms with E-state index in [1.165, 1.54) is 0 Å². The van der Waals surface area contributed by atoms with Crippen molar-refractivity contribution in [2.75, 3.05) is 0 Å². The zero-order chi connectivity index (χ0) is 11.4. The van der Waals surface area contributed by atoms with Gasteiger partial charge in [0.1, 0.15) is 6.07 Å². The molecule has 0 spiro atoms. The third-order valence-electron chi connectivity index (χ3n) is 2.20. The SMILES string of the molecule is CC(C)c1cc(CC#N)cc(Cl)c1C#N. The second-order valence-electron chi connectivity index (χ2n) is 3.64. The molecule has 0 unspecified atom stereocenters. The highest BCUT2D eigenvalue weighted by atomic mass is 35.5. The zero-order valence-corrected chi connectivity index (χ0v) is 9.47. The highest BCUT2D eigenvalue weighted by molar-refractivity contribution is 6.31. The molecule has 0 saturated carbocycles. The highest BCUT2D eigenvalue weighted by Gasteiger charge is 2.11. The smallest absolute Gasteiger partial charge is 0.101 e. The van der Waals surface area contributed by atoms with Gasteiger partial charge in [-0.1, -0.05) is 31.5 Å². The number of hydrogen-bond donors (Lipinski definition) is 0. The molecule has 1 rings (SSSR count). The average Bonchev–Trinajstić information content (AvgIpc) is 2.17. The van der Waals surface area contributed by atoms with Crippen LogP contribution in [0, 0.1) is 22.7 Å². The molecule has 0 amide bonds. The molecular weight excluding hydrogens is 208 g/mol. The summed E-state index contributed by atoms with van der Waals surface area (Å²) in [6.07, 6.45) is 0.325. The van der Waals surface area contributed by atoms with E-state index in [9.17, 15) is 0 Å². The third-order valence-corrected chi connectivity index (χ3v) is 2.50. The first kappa shape index (κ1) is 11.6. The minimum atomic E-state index is 0.232. The Morgan fingerprint density at radius 2 is 2.00 bits per heavy atom. The monoisotopic (exact) mass is 218 g/mol. The van der Waals surface area contributed by atoms with Gasteiger partial charge in [0.05, 0.1) is 23.1 Å². The third kappa shape index (κ3) is 2.49. The Kier molecular flexibility index (Phi) is 3.72. The van der Waals surface area contributed by atoms with Gasteiger partial charge in [0.15, 0.2) is 0 Å². The van der Waals surface area contributed by atoms with Crippen LogP contribution in [0.3, 0.4) is 0 Å². The fourth-order valence-electron chi connectivity index (χ4n) is 1.45. The Hall–Kier alpha value is -1.51. The van der Waals surface area contributed by atoms with Crippen LogP contribution in [-0.4, -0.2) is 0 Å². The molecule has 0 fully saturated rings. The number of nitrogens with zero attached hydrogens (tertiary/aromatic N) is 2. The first-order valence-electron chi connectivity index (χ1n) is 4.69. The Labute approximate surface area is 94.7 Å². The molecule has 15 heavy (non-hydrogen) atoms. The lowest BCUT2D eigenvalue weighted by molar-refractivity contribution is 0.859. The minimum absolute atomic E-state index is 0.232. The molecule has 0 aliphatic carbocycles. The van der Waals surface area contributed by atoms with E-state index in [1.54, 1.807) is 6.07 Å². The second kappa shape index (κ2) is 4.82. The molecule has 0 radical (unpaired) electrons. The normalized spacial score (nSPS) is 9.73. The summed E-state index contributed by atoms with van der Waals surface area (Å²) >= 11 is 5.98. The van der Waals surface area contributed by atoms with E-state index in [0.29, 0.717) is 17.0 Å². The Balaban J connectivity index is 3.35. The van der Waals surface area contributed by atoms with E-state index in [0.717, 1.165) is 11.1 Å². The van der Waals surface area contributed by atoms with Crippen molar-refractivity contribution in [1.29, 1.82) is 10.5 Å².